The number of allylic oxidation sites excluding steroid dienone is 1. The molecule has 3 rings (SSSR count). The van der Waals surface area contributed by atoms with Crippen molar-refractivity contribution < 1.29 is 9.53 Å². The minimum Gasteiger partial charge on any atom is -0.493 e. The lowest BCUT2D eigenvalue weighted by atomic mass is 10.1. The third kappa shape index (κ3) is 2.80. The molecular weight excluding hydrogens is 248 g/mol. The number of benzene rings is 2. The lowest BCUT2D eigenvalue weighted by molar-refractivity contribution is -0.113. The van der Waals surface area contributed by atoms with Crippen LogP contribution in [0.1, 0.15) is 12.0 Å². The van der Waals surface area contributed by atoms with E-state index < -0.39 is 0 Å². The molecule has 0 bridgehead atoms. The molecule has 0 radical (unpaired) electrons. The maximum absolute atomic E-state index is 12.1. The largest absolute Gasteiger partial charge is 0.493 e. The lowest BCUT2D eigenvalue weighted by Crippen LogP contribution is -2.09. The second-order valence-electron chi connectivity index (χ2n) is 4.96. The van der Waals surface area contributed by atoms with Gasteiger partial charge >= 0.3 is 0 Å². The summed E-state index contributed by atoms with van der Waals surface area (Å²) in [6.45, 7) is 0.548. The molecule has 0 saturated carbocycles. The van der Waals surface area contributed by atoms with Crippen LogP contribution < -0.4 is 4.74 Å². The summed E-state index contributed by atoms with van der Waals surface area (Å²) in [4.78, 5) is 12.1. The highest BCUT2D eigenvalue weighted by Crippen LogP contribution is 2.29. The van der Waals surface area contributed by atoms with Crippen molar-refractivity contribution in [3.8, 4) is 5.75 Å². The van der Waals surface area contributed by atoms with Gasteiger partial charge in [0.2, 0.25) is 0 Å². The Morgan fingerprint density at radius 2 is 1.60 bits per heavy atom. The van der Waals surface area contributed by atoms with Crippen molar-refractivity contribution in [3.05, 3.63) is 72.3 Å². The van der Waals surface area contributed by atoms with Crippen LogP contribution in [-0.4, -0.2) is 12.4 Å². The molecule has 0 heterocycles. The summed E-state index contributed by atoms with van der Waals surface area (Å²) in [7, 11) is 0. The topological polar surface area (TPSA) is 26.3 Å². The van der Waals surface area contributed by atoms with E-state index in [2.05, 4.69) is 0 Å². The highest BCUT2D eigenvalue weighted by Gasteiger charge is 2.25. The third-order valence-corrected chi connectivity index (χ3v) is 3.44. The molecule has 0 spiro atoms. The molecule has 1 atom stereocenters. The van der Waals surface area contributed by atoms with E-state index in [1.807, 2.05) is 66.7 Å². The molecule has 0 aliphatic heterocycles. The van der Waals surface area contributed by atoms with E-state index in [9.17, 15) is 4.79 Å². The standard InChI is InChI=1S/C18H16O2/c19-18-12-14(13-20-16-9-5-2-6-10-16)11-17(18)15-7-3-1-4-8-15/h1-11,14H,12-13H2. The summed E-state index contributed by atoms with van der Waals surface area (Å²) in [6, 6.07) is 19.5. The van der Waals surface area contributed by atoms with Gasteiger partial charge in [-0.05, 0) is 17.7 Å². The first-order valence-corrected chi connectivity index (χ1v) is 6.81. The molecule has 0 aromatic heterocycles. The van der Waals surface area contributed by atoms with Gasteiger partial charge in [0.15, 0.2) is 5.78 Å². The maximum Gasteiger partial charge on any atom is 0.163 e. The zero-order chi connectivity index (χ0) is 13.8. The summed E-state index contributed by atoms with van der Waals surface area (Å²) in [5.74, 6) is 1.22. The lowest BCUT2D eigenvalue weighted by Gasteiger charge is -2.09. The molecule has 2 aromatic carbocycles. The minimum atomic E-state index is 0.165. The number of carbonyl (C=O) groups excluding carboxylic acids is 1. The number of carbonyl (C=O) groups is 1. The molecule has 100 valence electrons. The maximum atomic E-state index is 12.1. The molecule has 0 fully saturated rings. The van der Waals surface area contributed by atoms with Crippen molar-refractivity contribution in [3.63, 3.8) is 0 Å². The Labute approximate surface area is 118 Å². The molecule has 2 nitrogen and oxygen atoms in total. The van der Waals surface area contributed by atoms with E-state index in [0.29, 0.717) is 13.0 Å². The van der Waals surface area contributed by atoms with Gasteiger partial charge < -0.3 is 4.74 Å². The van der Waals surface area contributed by atoms with E-state index in [0.717, 1.165) is 16.9 Å². The van der Waals surface area contributed by atoms with Gasteiger partial charge in [-0.2, -0.15) is 0 Å². The second kappa shape index (κ2) is 5.74. The van der Waals surface area contributed by atoms with E-state index in [1.54, 1.807) is 0 Å². The zero-order valence-corrected chi connectivity index (χ0v) is 11.2. The Bertz CT molecular complexity index is 614. The van der Waals surface area contributed by atoms with Crippen molar-refractivity contribution >= 4 is 11.4 Å². The fourth-order valence-electron chi connectivity index (χ4n) is 2.44. The van der Waals surface area contributed by atoms with Gasteiger partial charge in [-0.25, -0.2) is 0 Å². The molecule has 0 amide bonds. The first kappa shape index (κ1) is 12.7. The first-order chi connectivity index (χ1) is 9.83. The number of ether oxygens (including phenoxy) is 1. The molecule has 0 saturated heterocycles. The Kier molecular flexibility index (Phi) is 3.64. The molecule has 2 aromatic rings. The fraction of sp³-hybridized carbons (Fsp3) is 0.167. The average molecular weight is 264 g/mol. The molecule has 1 unspecified atom stereocenters. The van der Waals surface area contributed by atoms with E-state index in [4.69, 9.17) is 4.74 Å². The van der Waals surface area contributed by atoms with Crippen LogP contribution in [0.5, 0.6) is 5.75 Å². The number of hydrogen-bond donors (Lipinski definition) is 0. The number of hydrogen-bond acceptors (Lipinski definition) is 2. The van der Waals surface area contributed by atoms with Gasteiger partial charge in [-0.15, -0.1) is 0 Å². The molecule has 20 heavy (non-hydrogen) atoms. The molecular formula is C18H16O2. The quantitative estimate of drug-likeness (QED) is 0.841. The predicted octanol–water partition coefficient (Wildman–Crippen LogP) is 3.74. The molecule has 0 N–H and O–H groups in total. The van der Waals surface area contributed by atoms with E-state index in [1.165, 1.54) is 0 Å². The van der Waals surface area contributed by atoms with Crippen LogP contribution in [0.4, 0.5) is 0 Å². The normalized spacial score (nSPS) is 17.9. The SMILES string of the molecule is O=C1CC(COc2ccccc2)C=C1c1ccccc1. The fourth-order valence-corrected chi connectivity index (χ4v) is 2.44. The molecule has 2 heteroatoms. The average Bonchev–Trinajstić information content (AvgIpc) is 2.88. The monoisotopic (exact) mass is 264 g/mol. The number of para-hydroxylation sites is 1. The number of Topliss-reactive ketones (excluding diaryl/α,β-unsaturated/α-hetero) is 1. The van der Waals surface area contributed by atoms with Crippen LogP contribution in [0.15, 0.2) is 66.7 Å². The summed E-state index contributed by atoms with van der Waals surface area (Å²) in [6.07, 6.45) is 2.58. The van der Waals surface area contributed by atoms with Crippen molar-refractivity contribution in [2.45, 2.75) is 6.42 Å². The van der Waals surface area contributed by atoms with Crippen LogP contribution >= 0.6 is 0 Å². The van der Waals surface area contributed by atoms with Crippen LogP contribution in [-0.2, 0) is 4.79 Å². The van der Waals surface area contributed by atoms with Crippen molar-refractivity contribution in [1.29, 1.82) is 0 Å². The van der Waals surface area contributed by atoms with Crippen molar-refractivity contribution in [1.82, 2.24) is 0 Å². The van der Waals surface area contributed by atoms with Crippen molar-refractivity contribution in [2.24, 2.45) is 5.92 Å². The van der Waals surface area contributed by atoms with Gasteiger partial charge in [0, 0.05) is 17.9 Å². The van der Waals surface area contributed by atoms with Gasteiger partial charge in [0.1, 0.15) is 5.75 Å². The summed E-state index contributed by atoms with van der Waals surface area (Å²) in [5.41, 5.74) is 1.83. The summed E-state index contributed by atoms with van der Waals surface area (Å²) in [5, 5.41) is 0. The molecule has 1 aliphatic rings. The van der Waals surface area contributed by atoms with Crippen LogP contribution in [0.2, 0.25) is 0 Å². The predicted molar refractivity (Wildman–Crippen MR) is 79.5 cm³/mol. The first-order valence-electron chi connectivity index (χ1n) is 6.81. The highest BCUT2D eigenvalue weighted by atomic mass is 16.5. The Balaban J connectivity index is 1.68. The van der Waals surface area contributed by atoms with Gasteiger partial charge in [-0.1, -0.05) is 54.6 Å². The molecule has 1 aliphatic carbocycles. The smallest absolute Gasteiger partial charge is 0.163 e. The summed E-state index contributed by atoms with van der Waals surface area (Å²) >= 11 is 0. The van der Waals surface area contributed by atoms with E-state index >= 15 is 0 Å². The summed E-state index contributed by atoms with van der Waals surface area (Å²) < 4.78 is 5.73. The minimum absolute atomic E-state index is 0.165. The van der Waals surface area contributed by atoms with Gasteiger partial charge in [0.05, 0.1) is 6.61 Å². The number of ketones is 1. The van der Waals surface area contributed by atoms with Crippen LogP contribution in [0.25, 0.3) is 5.57 Å². The Morgan fingerprint density at radius 1 is 0.950 bits per heavy atom. The Morgan fingerprint density at radius 3 is 2.30 bits per heavy atom. The second-order valence-corrected chi connectivity index (χ2v) is 4.96. The van der Waals surface area contributed by atoms with Crippen molar-refractivity contribution in [2.75, 3.05) is 6.61 Å². The van der Waals surface area contributed by atoms with Crippen LogP contribution in [0.3, 0.4) is 0 Å². The highest BCUT2D eigenvalue weighted by molar-refractivity contribution is 6.22. The van der Waals surface area contributed by atoms with Crippen LogP contribution in [0, 0.1) is 5.92 Å². The zero-order valence-electron chi connectivity index (χ0n) is 11.2. The van der Waals surface area contributed by atoms with E-state index in [-0.39, 0.29) is 11.7 Å². The van der Waals surface area contributed by atoms with Gasteiger partial charge in [0.25, 0.3) is 0 Å². The van der Waals surface area contributed by atoms with Gasteiger partial charge in [-0.3, -0.25) is 4.79 Å². The number of rotatable bonds is 4. The third-order valence-electron chi connectivity index (χ3n) is 3.44. The Hall–Kier alpha value is -2.35.